The molecule has 5 nitrogen and oxygen atoms in total. The van der Waals surface area contributed by atoms with Gasteiger partial charge in [0.1, 0.15) is 16.9 Å². The fraction of sp³-hybridized carbons (Fsp3) is 0.368. The fourth-order valence-electron chi connectivity index (χ4n) is 3.86. The van der Waals surface area contributed by atoms with Gasteiger partial charge in [0.2, 0.25) is 10.0 Å². The molecule has 0 radical (unpaired) electrons. The van der Waals surface area contributed by atoms with Crippen LogP contribution < -0.4 is 0 Å². The highest BCUT2D eigenvalue weighted by atomic mass is 32.2. The Labute approximate surface area is 157 Å². The molecule has 0 saturated carbocycles. The van der Waals surface area contributed by atoms with Crippen molar-refractivity contribution in [1.29, 1.82) is 0 Å². The molecular formula is C19H20F2N2O3S. The van der Waals surface area contributed by atoms with E-state index in [4.69, 9.17) is 4.84 Å². The molecule has 2 aliphatic rings. The van der Waals surface area contributed by atoms with Crippen molar-refractivity contribution in [2.24, 2.45) is 0 Å². The minimum absolute atomic E-state index is 0.0130. The van der Waals surface area contributed by atoms with Gasteiger partial charge in [-0.05, 0) is 35.7 Å². The summed E-state index contributed by atoms with van der Waals surface area (Å²) in [5, 5.41) is 0.293. The lowest BCUT2D eigenvalue weighted by atomic mass is 10.0. The Morgan fingerprint density at radius 1 is 1.11 bits per heavy atom. The Kier molecular flexibility index (Phi) is 4.75. The van der Waals surface area contributed by atoms with Gasteiger partial charge in [0, 0.05) is 25.7 Å². The van der Waals surface area contributed by atoms with Gasteiger partial charge in [-0.3, -0.25) is 4.84 Å². The van der Waals surface area contributed by atoms with Gasteiger partial charge >= 0.3 is 0 Å². The quantitative estimate of drug-likeness (QED) is 0.803. The molecule has 1 saturated heterocycles. The second-order valence-electron chi connectivity index (χ2n) is 6.89. The molecule has 0 aromatic heterocycles. The van der Waals surface area contributed by atoms with Crippen LogP contribution in [0.4, 0.5) is 8.78 Å². The number of hydrogen-bond acceptors (Lipinski definition) is 4. The number of hydroxylamine groups is 2. The molecule has 2 heterocycles. The van der Waals surface area contributed by atoms with Crippen molar-refractivity contribution in [2.45, 2.75) is 24.3 Å². The Bertz CT molecular complexity index is 967. The Balaban J connectivity index is 1.68. The lowest BCUT2D eigenvalue weighted by molar-refractivity contribution is -0.111. The third-order valence-corrected chi connectivity index (χ3v) is 7.49. The first-order chi connectivity index (χ1) is 12.9. The summed E-state index contributed by atoms with van der Waals surface area (Å²) in [5.41, 5.74) is 2.09. The standard InChI is InChI=1S/C19H20F2N2O3S/c1-22-19(16-10-15(20)6-7-17(16)21)18(12-26-22)27(24,25)23-9-8-13-4-2-3-5-14(13)11-23/h2-7,10,18-19H,8-9,11-12H2,1H3/t18-,19-/m1/s1. The number of halogens is 2. The van der Waals surface area contributed by atoms with Gasteiger partial charge in [0.05, 0.1) is 12.6 Å². The third-order valence-electron chi connectivity index (χ3n) is 5.30. The van der Waals surface area contributed by atoms with E-state index in [-0.39, 0.29) is 18.7 Å². The maximum Gasteiger partial charge on any atom is 0.221 e. The molecule has 0 bridgehead atoms. The SMILES string of the molecule is CN1OC[C@@H](S(=O)(=O)N2CCc3ccccc3C2)[C@H]1c1cc(F)ccc1F. The topological polar surface area (TPSA) is 49.9 Å². The zero-order valence-corrected chi connectivity index (χ0v) is 15.6. The molecule has 2 aromatic carbocycles. The van der Waals surface area contributed by atoms with Crippen LogP contribution in [0.25, 0.3) is 0 Å². The summed E-state index contributed by atoms with van der Waals surface area (Å²) in [6, 6.07) is 9.88. The molecule has 0 N–H and O–H groups in total. The summed E-state index contributed by atoms with van der Waals surface area (Å²) in [4.78, 5) is 5.41. The summed E-state index contributed by atoms with van der Waals surface area (Å²) in [6.07, 6.45) is 0.623. The summed E-state index contributed by atoms with van der Waals surface area (Å²) in [6.45, 7) is 0.534. The van der Waals surface area contributed by atoms with Gasteiger partial charge in [-0.1, -0.05) is 24.3 Å². The molecule has 2 aromatic rings. The highest BCUT2D eigenvalue weighted by molar-refractivity contribution is 7.89. The normalized spacial score (nSPS) is 24.1. The number of hydrogen-bond donors (Lipinski definition) is 0. The predicted molar refractivity (Wildman–Crippen MR) is 96.1 cm³/mol. The fourth-order valence-corrected chi connectivity index (χ4v) is 5.79. The summed E-state index contributed by atoms with van der Waals surface area (Å²) in [7, 11) is -2.25. The Morgan fingerprint density at radius 3 is 2.63 bits per heavy atom. The number of rotatable bonds is 3. The molecule has 27 heavy (non-hydrogen) atoms. The maximum atomic E-state index is 14.3. The summed E-state index contributed by atoms with van der Waals surface area (Å²) in [5.74, 6) is -1.27. The number of fused-ring (bicyclic) bond motifs is 1. The second kappa shape index (κ2) is 6.94. The van der Waals surface area contributed by atoms with E-state index >= 15 is 0 Å². The van der Waals surface area contributed by atoms with Gasteiger partial charge in [-0.25, -0.2) is 17.2 Å². The molecule has 2 atom stereocenters. The molecule has 0 spiro atoms. The first-order valence-electron chi connectivity index (χ1n) is 8.74. The second-order valence-corrected chi connectivity index (χ2v) is 9.04. The highest BCUT2D eigenvalue weighted by Gasteiger charge is 2.47. The smallest absolute Gasteiger partial charge is 0.221 e. The van der Waals surface area contributed by atoms with Crippen LogP contribution in [0.15, 0.2) is 42.5 Å². The van der Waals surface area contributed by atoms with Crippen molar-refractivity contribution in [3.63, 3.8) is 0 Å². The van der Waals surface area contributed by atoms with Crippen LogP contribution in [-0.2, 0) is 27.8 Å². The first kappa shape index (κ1) is 18.5. The summed E-state index contributed by atoms with van der Waals surface area (Å²) >= 11 is 0. The molecule has 144 valence electrons. The van der Waals surface area contributed by atoms with E-state index in [1.165, 1.54) is 16.4 Å². The Hall–Kier alpha value is -1.87. The van der Waals surface area contributed by atoms with E-state index in [0.717, 1.165) is 29.3 Å². The minimum atomic E-state index is -3.79. The molecular weight excluding hydrogens is 374 g/mol. The van der Waals surface area contributed by atoms with E-state index < -0.39 is 32.9 Å². The van der Waals surface area contributed by atoms with Gasteiger partial charge < -0.3 is 0 Å². The number of sulfonamides is 1. The predicted octanol–water partition coefficient (Wildman–Crippen LogP) is 2.64. The van der Waals surface area contributed by atoms with Gasteiger partial charge in [-0.2, -0.15) is 9.37 Å². The first-order valence-corrected chi connectivity index (χ1v) is 10.2. The number of benzene rings is 2. The van der Waals surface area contributed by atoms with Crippen LogP contribution in [-0.4, -0.2) is 43.2 Å². The van der Waals surface area contributed by atoms with Crippen molar-refractivity contribution in [1.82, 2.24) is 9.37 Å². The van der Waals surface area contributed by atoms with Gasteiger partial charge in [0.25, 0.3) is 0 Å². The lowest BCUT2D eigenvalue weighted by Crippen LogP contribution is -2.44. The third kappa shape index (κ3) is 3.27. The Morgan fingerprint density at radius 2 is 1.85 bits per heavy atom. The average molecular weight is 394 g/mol. The van der Waals surface area contributed by atoms with Crippen LogP contribution >= 0.6 is 0 Å². The average Bonchev–Trinajstić information content (AvgIpc) is 3.05. The summed E-state index contributed by atoms with van der Waals surface area (Å²) < 4.78 is 56.1. The zero-order chi connectivity index (χ0) is 19.2. The molecule has 4 rings (SSSR count). The molecule has 0 amide bonds. The van der Waals surface area contributed by atoms with Crippen molar-refractivity contribution in [2.75, 3.05) is 20.2 Å². The van der Waals surface area contributed by atoms with E-state index in [9.17, 15) is 17.2 Å². The van der Waals surface area contributed by atoms with E-state index in [0.29, 0.717) is 13.0 Å². The van der Waals surface area contributed by atoms with E-state index in [1.807, 2.05) is 24.3 Å². The molecule has 1 fully saturated rings. The van der Waals surface area contributed by atoms with Gasteiger partial charge in [0.15, 0.2) is 0 Å². The van der Waals surface area contributed by atoms with Crippen molar-refractivity contribution in [3.8, 4) is 0 Å². The molecule has 0 aliphatic carbocycles. The van der Waals surface area contributed by atoms with Crippen molar-refractivity contribution in [3.05, 3.63) is 70.8 Å². The van der Waals surface area contributed by atoms with E-state index in [1.54, 1.807) is 0 Å². The zero-order valence-electron chi connectivity index (χ0n) is 14.8. The van der Waals surface area contributed by atoms with Crippen LogP contribution in [0.1, 0.15) is 22.7 Å². The largest absolute Gasteiger partial charge is 0.297 e. The molecule has 2 aliphatic heterocycles. The monoisotopic (exact) mass is 394 g/mol. The van der Waals surface area contributed by atoms with Crippen molar-refractivity contribution < 1.29 is 22.0 Å². The van der Waals surface area contributed by atoms with Crippen LogP contribution in [0.5, 0.6) is 0 Å². The molecule has 0 unspecified atom stereocenters. The molecule has 8 heteroatoms. The van der Waals surface area contributed by atoms with Crippen LogP contribution in [0.3, 0.4) is 0 Å². The van der Waals surface area contributed by atoms with Crippen molar-refractivity contribution >= 4 is 10.0 Å². The number of nitrogens with zero attached hydrogens (tertiary/aromatic N) is 2. The minimum Gasteiger partial charge on any atom is -0.297 e. The van der Waals surface area contributed by atoms with Crippen LogP contribution in [0.2, 0.25) is 0 Å². The lowest BCUT2D eigenvalue weighted by Gasteiger charge is -2.32. The van der Waals surface area contributed by atoms with Crippen LogP contribution in [0, 0.1) is 11.6 Å². The maximum absolute atomic E-state index is 14.3. The van der Waals surface area contributed by atoms with E-state index in [2.05, 4.69) is 0 Å². The van der Waals surface area contributed by atoms with Gasteiger partial charge in [-0.15, -0.1) is 0 Å². The highest BCUT2D eigenvalue weighted by Crippen LogP contribution is 2.37.